The van der Waals surface area contributed by atoms with Gasteiger partial charge in [0.2, 0.25) is 6.43 Å². The molecule has 1 rings (SSSR count). The van der Waals surface area contributed by atoms with Crippen molar-refractivity contribution in [2.75, 3.05) is 13.2 Å². The topological polar surface area (TPSA) is 79.2 Å². The Morgan fingerprint density at radius 2 is 2.05 bits per heavy atom. The van der Waals surface area contributed by atoms with Gasteiger partial charge in [-0.3, -0.25) is 4.90 Å². The highest BCUT2D eigenvalue weighted by Crippen LogP contribution is 2.22. The average Bonchev–Trinajstić information content (AvgIpc) is 2.25. The number of ether oxygens (including phenoxy) is 2. The summed E-state index contributed by atoms with van der Waals surface area (Å²) in [6, 6.07) is -0.847. The fourth-order valence-corrected chi connectivity index (χ4v) is 1.85. The van der Waals surface area contributed by atoms with E-state index in [9.17, 15) is 13.6 Å². The molecular formula is C12H21F2NO5. The van der Waals surface area contributed by atoms with Crippen LogP contribution in [0.15, 0.2) is 0 Å². The highest BCUT2D eigenvalue weighted by atomic mass is 19.3. The summed E-state index contributed by atoms with van der Waals surface area (Å²) in [5.74, 6) is 0. The van der Waals surface area contributed by atoms with Gasteiger partial charge >= 0.3 is 6.09 Å². The van der Waals surface area contributed by atoms with Crippen molar-refractivity contribution in [3.63, 3.8) is 0 Å². The number of halogens is 2. The summed E-state index contributed by atoms with van der Waals surface area (Å²) in [6.07, 6.45) is -6.72. The molecule has 1 saturated heterocycles. The zero-order valence-electron chi connectivity index (χ0n) is 11.8. The molecule has 6 nitrogen and oxygen atoms in total. The fraction of sp³-hybridized carbons (Fsp3) is 0.917. The second kappa shape index (κ2) is 6.64. The summed E-state index contributed by atoms with van der Waals surface area (Å²) in [5, 5.41) is 18.2. The molecule has 0 aliphatic carbocycles. The summed E-state index contributed by atoms with van der Waals surface area (Å²) >= 11 is 0. The SMILES string of the molecule is CC(C)(C)OC(=O)N1CC(C(O)O)OC[C@@H]1CC(F)F. The van der Waals surface area contributed by atoms with E-state index < -0.39 is 43.0 Å². The summed E-state index contributed by atoms with van der Waals surface area (Å²) in [5.41, 5.74) is -0.766. The van der Waals surface area contributed by atoms with Crippen LogP contribution >= 0.6 is 0 Å². The molecule has 1 unspecified atom stereocenters. The van der Waals surface area contributed by atoms with Crippen molar-refractivity contribution >= 4 is 6.09 Å². The number of hydrogen-bond acceptors (Lipinski definition) is 5. The van der Waals surface area contributed by atoms with Crippen LogP contribution in [0.5, 0.6) is 0 Å². The average molecular weight is 297 g/mol. The quantitative estimate of drug-likeness (QED) is 0.758. The molecule has 1 heterocycles. The van der Waals surface area contributed by atoms with Crippen LogP contribution in [0.25, 0.3) is 0 Å². The molecular weight excluding hydrogens is 276 g/mol. The number of amides is 1. The van der Waals surface area contributed by atoms with Gasteiger partial charge in [-0.25, -0.2) is 13.6 Å². The second-order valence-electron chi connectivity index (χ2n) is 5.70. The smallest absolute Gasteiger partial charge is 0.410 e. The molecule has 20 heavy (non-hydrogen) atoms. The summed E-state index contributed by atoms with van der Waals surface area (Å²) in [4.78, 5) is 13.1. The van der Waals surface area contributed by atoms with Gasteiger partial charge in [-0.2, -0.15) is 0 Å². The van der Waals surface area contributed by atoms with Gasteiger partial charge in [0, 0.05) is 6.42 Å². The Hall–Kier alpha value is -0.990. The molecule has 1 aliphatic heterocycles. The normalized spacial score (nSPS) is 24.4. The Balaban J connectivity index is 2.78. The Morgan fingerprint density at radius 1 is 1.45 bits per heavy atom. The maximum absolute atomic E-state index is 12.5. The first-order valence-corrected chi connectivity index (χ1v) is 6.35. The Kier molecular flexibility index (Phi) is 5.67. The Labute approximate surface area is 116 Å². The van der Waals surface area contributed by atoms with Crippen molar-refractivity contribution in [1.29, 1.82) is 0 Å². The van der Waals surface area contributed by atoms with Gasteiger partial charge in [-0.05, 0) is 20.8 Å². The molecule has 1 amide bonds. The molecule has 0 radical (unpaired) electrons. The van der Waals surface area contributed by atoms with Gasteiger partial charge in [-0.15, -0.1) is 0 Å². The predicted octanol–water partition coefficient (Wildman–Crippen LogP) is 0.957. The number of aliphatic hydroxyl groups excluding tert-OH is 1. The van der Waals surface area contributed by atoms with Gasteiger partial charge in [0.1, 0.15) is 11.7 Å². The van der Waals surface area contributed by atoms with E-state index in [-0.39, 0.29) is 13.2 Å². The lowest BCUT2D eigenvalue weighted by Gasteiger charge is -2.40. The van der Waals surface area contributed by atoms with E-state index in [1.165, 1.54) is 0 Å². The van der Waals surface area contributed by atoms with Crippen molar-refractivity contribution in [2.24, 2.45) is 0 Å². The van der Waals surface area contributed by atoms with Crippen LogP contribution in [0, 0.1) is 0 Å². The van der Waals surface area contributed by atoms with Crippen LogP contribution in [-0.2, 0) is 9.47 Å². The van der Waals surface area contributed by atoms with E-state index in [4.69, 9.17) is 19.7 Å². The van der Waals surface area contributed by atoms with Gasteiger partial charge in [0.25, 0.3) is 0 Å². The van der Waals surface area contributed by atoms with Gasteiger partial charge in [-0.1, -0.05) is 0 Å². The lowest BCUT2D eigenvalue weighted by molar-refractivity contribution is -0.181. The van der Waals surface area contributed by atoms with Crippen LogP contribution in [-0.4, -0.2) is 64.8 Å². The highest BCUT2D eigenvalue weighted by molar-refractivity contribution is 5.68. The number of carbonyl (C=O) groups is 1. The summed E-state index contributed by atoms with van der Waals surface area (Å²) < 4.78 is 35.3. The van der Waals surface area contributed by atoms with Gasteiger partial charge in [0.05, 0.1) is 19.2 Å². The minimum absolute atomic E-state index is 0.189. The molecule has 1 aliphatic rings. The van der Waals surface area contributed by atoms with Crippen LogP contribution in [0.3, 0.4) is 0 Å². The van der Waals surface area contributed by atoms with Crippen LogP contribution < -0.4 is 0 Å². The molecule has 8 heteroatoms. The number of alkyl halides is 2. The molecule has 2 atom stereocenters. The largest absolute Gasteiger partial charge is 0.444 e. The lowest BCUT2D eigenvalue weighted by Crippen LogP contribution is -2.56. The molecule has 0 aromatic rings. The van der Waals surface area contributed by atoms with Crippen LogP contribution in [0.4, 0.5) is 13.6 Å². The third kappa shape index (κ3) is 5.18. The maximum atomic E-state index is 12.5. The standard InChI is InChI=1S/C12H21F2NO5/c1-12(2,3)20-11(18)15-5-8(10(16)17)19-6-7(15)4-9(13)14/h7-10,16-17H,4-6H2,1-3H3/t7-,8?/m0/s1. The third-order valence-electron chi connectivity index (χ3n) is 2.73. The fourth-order valence-electron chi connectivity index (χ4n) is 1.85. The van der Waals surface area contributed by atoms with Crippen molar-refractivity contribution < 1.29 is 33.3 Å². The van der Waals surface area contributed by atoms with Crippen molar-refractivity contribution in [1.82, 2.24) is 4.90 Å². The van der Waals surface area contributed by atoms with E-state index in [0.717, 1.165) is 4.90 Å². The van der Waals surface area contributed by atoms with Gasteiger partial charge < -0.3 is 19.7 Å². The molecule has 0 saturated carbocycles. The molecule has 0 spiro atoms. The third-order valence-corrected chi connectivity index (χ3v) is 2.73. The number of aliphatic hydroxyl groups is 2. The monoisotopic (exact) mass is 297 g/mol. The first kappa shape index (κ1) is 17.1. The zero-order valence-corrected chi connectivity index (χ0v) is 11.8. The molecule has 1 fully saturated rings. The minimum atomic E-state index is -2.59. The van der Waals surface area contributed by atoms with Crippen molar-refractivity contribution in [2.45, 2.75) is 57.7 Å². The van der Waals surface area contributed by atoms with E-state index in [1.54, 1.807) is 20.8 Å². The van der Waals surface area contributed by atoms with Gasteiger partial charge in [0.15, 0.2) is 6.29 Å². The number of morpholine rings is 1. The molecule has 118 valence electrons. The van der Waals surface area contributed by atoms with E-state index in [2.05, 4.69) is 0 Å². The predicted molar refractivity (Wildman–Crippen MR) is 65.3 cm³/mol. The minimum Gasteiger partial charge on any atom is -0.444 e. The number of rotatable bonds is 3. The highest BCUT2D eigenvalue weighted by Gasteiger charge is 2.38. The summed E-state index contributed by atoms with van der Waals surface area (Å²) in [7, 11) is 0. The lowest BCUT2D eigenvalue weighted by atomic mass is 10.1. The van der Waals surface area contributed by atoms with E-state index >= 15 is 0 Å². The molecule has 0 aromatic heterocycles. The van der Waals surface area contributed by atoms with E-state index in [0.29, 0.717) is 0 Å². The second-order valence-corrected chi connectivity index (χ2v) is 5.70. The van der Waals surface area contributed by atoms with Crippen LogP contribution in [0.2, 0.25) is 0 Å². The first-order valence-electron chi connectivity index (χ1n) is 6.35. The molecule has 2 N–H and O–H groups in total. The summed E-state index contributed by atoms with van der Waals surface area (Å²) in [6.45, 7) is 4.58. The number of nitrogens with zero attached hydrogens (tertiary/aromatic N) is 1. The number of carbonyl (C=O) groups excluding carboxylic acids is 1. The first-order chi connectivity index (χ1) is 9.10. The van der Waals surface area contributed by atoms with Crippen LogP contribution in [0.1, 0.15) is 27.2 Å². The zero-order chi connectivity index (χ0) is 15.5. The Morgan fingerprint density at radius 3 is 2.50 bits per heavy atom. The van der Waals surface area contributed by atoms with E-state index in [1.807, 2.05) is 0 Å². The molecule has 0 aromatic carbocycles. The van der Waals surface area contributed by atoms with Crippen molar-refractivity contribution in [3.8, 4) is 0 Å². The van der Waals surface area contributed by atoms with Crippen molar-refractivity contribution in [3.05, 3.63) is 0 Å². The Bertz CT molecular complexity index is 332. The molecule has 0 bridgehead atoms. The maximum Gasteiger partial charge on any atom is 0.410 e. The number of hydrogen-bond donors (Lipinski definition) is 2.